The second kappa shape index (κ2) is 20.0. The zero-order chi connectivity index (χ0) is 46.4. The van der Waals surface area contributed by atoms with Crippen LogP contribution >= 0.6 is 22.7 Å². The van der Waals surface area contributed by atoms with Gasteiger partial charge in [0.25, 0.3) is 11.8 Å². The van der Waals surface area contributed by atoms with E-state index in [-0.39, 0.29) is 35.7 Å². The fourth-order valence-corrected chi connectivity index (χ4v) is 11.1. The van der Waals surface area contributed by atoms with Gasteiger partial charge in [-0.3, -0.25) is 29.1 Å². The number of likely N-dealkylation sites (tertiary alicyclic amines) is 2. The molecule has 10 rings (SSSR count). The van der Waals surface area contributed by atoms with Gasteiger partial charge in [0.1, 0.15) is 22.1 Å². The average molecular weight is 935 g/mol. The van der Waals surface area contributed by atoms with E-state index < -0.39 is 12.1 Å². The summed E-state index contributed by atoms with van der Waals surface area (Å²) in [6.07, 6.45) is 13.2. The molecule has 6 heterocycles. The Kier molecular flexibility index (Phi) is 13.0. The molecular weight excluding hydrogens is 889 g/mol. The summed E-state index contributed by atoms with van der Waals surface area (Å²) in [6, 6.07) is 40.3. The zero-order valence-electron chi connectivity index (χ0n) is 36.9. The molecule has 14 heteroatoms. The molecule has 4 amide bonds. The number of benzene rings is 4. The number of amides is 4. The zero-order valence-corrected chi connectivity index (χ0v) is 38.5. The summed E-state index contributed by atoms with van der Waals surface area (Å²) < 4.78 is 0. The van der Waals surface area contributed by atoms with Crippen molar-refractivity contribution in [3.63, 3.8) is 0 Å². The summed E-state index contributed by atoms with van der Waals surface area (Å²) in [4.78, 5) is 78.7. The van der Waals surface area contributed by atoms with Crippen LogP contribution in [0.3, 0.4) is 0 Å². The summed E-state index contributed by atoms with van der Waals surface area (Å²) in [5, 5.41) is 7.70. The smallest absolute Gasteiger partial charge is 0.253 e. The van der Waals surface area contributed by atoms with Crippen LogP contribution in [-0.4, -0.2) is 66.5 Å². The van der Waals surface area contributed by atoms with Crippen LogP contribution in [0.1, 0.15) is 91.7 Å². The van der Waals surface area contributed by atoms with E-state index in [0.29, 0.717) is 35.3 Å². The normalized spacial score (nSPS) is 16.5. The number of hydrogen-bond acceptors (Lipinski definition) is 10. The van der Waals surface area contributed by atoms with Crippen molar-refractivity contribution in [2.24, 2.45) is 0 Å². The van der Waals surface area contributed by atoms with Crippen LogP contribution in [0.5, 0.6) is 0 Å². The van der Waals surface area contributed by atoms with Crippen molar-refractivity contribution in [3.05, 3.63) is 203 Å². The van der Waals surface area contributed by atoms with Gasteiger partial charge in [0.2, 0.25) is 11.8 Å². The lowest BCUT2D eigenvalue weighted by Gasteiger charge is -2.28. The summed E-state index contributed by atoms with van der Waals surface area (Å²) in [6.45, 7) is 1.16. The molecule has 68 heavy (non-hydrogen) atoms. The molecule has 4 atom stereocenters. The van der Waals surface area contributed by atoms with Crippen molar-refractivity contribution < 1.29 is 19.2 Å². The molecule has 0 bridgehead atoms. The Morgan fingerprint density at radius 3 is 1.26 bits per heavy atom. The Hall–Kier alpha value is -7.68. The van der Waals surface area contributed by atoms with Gasteiger partial charge in [0.05, 0.1) is 33.0 Å². The molecule has 2 saturated heterocycles. The van der Waals surface area contributed by atoms with E-state index in [1.54, 1.807) is 59.3 Å². The molecule has 2 N–H and O–H groups in total. The van der Waals surface area contributed by atoms with Gasteiger partial charge in [-0.2, -0.15) is 0 Å². The monoisotopic (exact) mass is 934 g/mol. The lowest BCUT2D eigenvalue weighted by atomic mass is 10.0. The Morgan fingerprint density at radius 1 is 0.485 bits per heavy atom. The molecule has 0 saturated carbocycles. The molecule has 4 aromatic carbocycles. The van der Waals surface area contributed by atoms with Crippen molar-refractivity contribution in [2.45, 2.75) is 49.9 Å². The van der Waals surface area contributed by atoms with Crippen LogP contribution in [0.15, 0.2) is 171 Å². The minimum Gasteiger partial charge on any atom is -0.336 e. The summed E-state index contributed by atoms with van der Waals surface area (Å²) in [7, 11) is 0. The second-order valence-corrected chi connectivity index (χ2v) is 18.9. The molecule has 2 fully saturated rings. The quantitative estimate of drug-likeness (QED) is 0.116. The molecule has 4 aromatic heterocycles. The van der Waals surface area contributed by atoms with Crippen LogP contribution in [0.4, 0.5) is 0 Å². The van der Waals surface area contributed by atoms with Gasteiger partial charge in [-0.15, -0.1) is 22.7 Å². The number of aromatic nitrogens is 4. The van der Waals surface area contributed by atoms with Crippen LogP contribution in [0, 0.1) is 0 Å². The fourth-order valence-electron chi connectivity index (χ4n) is 9.00. The molecular formula is C54H46N8O4S2. The molecule has 0 unspecified atom stereocenters. The third-order valence-corrected chi connectivity index (χ3v) is 14.8. The molecule has 338 valence electrons. The lowest BCUT2D eigenvalue weighted by Crippen LogP contribution is -2.42. The predicted molar refractivity (Wildman–Crippen MR) is 263 cm³/mol. The Balaban J connectivity index is 0.800. The highest BCUT2D eigenvalue weighted by molar-refractivity contribution is 7.15. The van der Waals surface area contributed by atoms with E-state index in [2.05, 4.69) is 69.1 Å². The van der Waals surface area contributed by atoms with E-state index in [1.807, 2.05) is 82.9 Å². The maximum Gasteiger partial charge on any atom is 0.253 e. The van der Waals surface area contributed by atoms with Gasteiger partial charge in [0, 0.05) is 50.3 Å². The Morgan fingerprint density at radius 2 is 0.882 bits per heavy atom. The number of thiazole rings is 2. The topological polar surface area (TPSA) is 150 Å². The molecule has 0 aliphatic carbocycles. The highest BCUT2D eigenvalue weighted by Gasteiger charge is 2.39. The van der Waals surface area contributed by atoms with Gasteiger partial charge < -0.3 is 20.4 Å². The molecule has 0 radical (unpaired) electrons. The van der Waals surface area contributed by atoms with Crippen molar-refractivity contribution in [3.8, 4) is 32.0 Å². The largest absolute Gasteiger partial charge is 0.336 e. The van der Waals surface area contributed by atoms with Gasteiger partial charge >= 0.3 is 0 Å². The van der Waals surface area contributed by atoms with E-state index in [4.69, 9.17) is 9.97 Å². The Labute approximate surface area is 401 Å². The average Bonchev–Trinajstić information content (AvgIpc) is 4.26. The van der Waals surface area contributed by atoms with Gasteiger partial charge in [-0.05, 0) is 83.3 Å². The van der Waals surface area contributed by atoms with Crippen molar-refractivity contribution >= 4 is 46.3 Å². The number of pyridine rings is 2. The number of nitrogens with zero attached hydrogens (tertiary/aromatic N) is 6. The third kappa shape index (κ3) is 9.46. The van der Waals surface area contributed by atoms with E-state index >= 15 is 0 Å². The highest BCUT2D eigenvalue weighted by atomic mass is 32.1. The van der Waals surface area contributed by atoms with Crippen molar-refractivity contribution in [2.75, 3.05) is 13.1 Å². The highest BCUT2D eigenvalue weighted by Crippen LogP contribution is 2.41. The summed E-state index contributed by atoms with van der Waals surface area (Å²) in [5.74, 6) is -1.04. The molecule has 2 aliphatic rings. The molecule has 12 nitrogen and oxygen atoms in total. The molecule has 0 spiro atoms. The number of nitrogens with one attached hydrogen (secondary N) is 2. The number of carbonyl (C=O) groups is 4. The number of rotatable bonds is 13. The van der Waals surface area contributed by atoms with Gasteiger partial charge in [-0.25, -0.2) is 9.97 Å². The van der Waals surface area contributed by atoms with Crippen LogP contribution in [-0.2, 0) is 9.59 Å². The van der Waals surface area contributed by atoms with Crippen molar-refractivity contribution in [1.29, 1.82) is 0 Å². The van der Waals surface area contributed by atoms with E-state index in [1.165, 1.54) is 12.4 Å². The van der Waals surface area contributed by atoms with E-state index in [9.17, 15) is 19.2 Å². The van der Waals surface area contributed by atoms with E-state index in [0.717, 1.165) is 67.7 Å². The Bertz CT molecular complexity index is 2820. The first-order chi connectivity index (χ1) is 33.4. The summed E-state index contributed by atoms with van der Waals surface area (Å²) >= 11 is 3.18. The van der Waals surface area contributed by atoms with Crippen LogP contribution in [0.25, 0.3) is 32.0 Å². The lowest BCUT2D eigenvalue weighted by molar-refractivity contribution is -0.135. The predicted octanol–water partition coefficient (Wildman–Crippen LogP) is 10.1. The summed E-state index contributed by atoms with van der Waals surface area (Å²) in [5.41, 5.74) is 6.45. The molecule has 2 aliphatic heterocycles. The van der Waals surface area contributed by atoms with Crippen molar-refractivity contribution in [1.82, 2.24) is 40.4 Å². The van der Waals surface area contributed by atoms with Gasteiger partial charge in [-0.1, -0.05) is 109 Å². The van der Waals surface area contributed by atoms with Gasteiger partial charge in [0.15, 0.2) is 0 Å². The molecule has 8 aromatic rings. The standard InChI is InChI=1S/C54H46N8O4S2/c63-49(41-15-7-27-55-31-41)59-47(39-11-3-1-4-12-39)53(65)61-29-9-17-43(61)51-57-33-45(67-51)37-23-19-35(20-24-37)36-21-25-38(26-22-36)46-34-58-52(68-46)44-18-10-30-62(44)54(66)48(40-13-5-2-6-14-40)60-50(64)42-16-8-28-56-32-42/h1-8,11-16,19-28,31-34,43-44,47-48H,9-10,17-18,29-30H2,(H,59,63)(H,60,64)/t43-,44-,47-,48+/m0/s1. The third-order valence-electron chi connectivity index (χ3n) is 12.5. The fraction of sp³-hybridized carbons (Fsp3) is 0.185. The number of carbonyl (C=O) groups excluding carboxylic acids is 4. The first kappa shape index (κ1) is 44.2. The van der Waals surface area contributed by atoms with Crippen LogP contribution in [0.2, 0.25) is 0 Å². The maximum atomic E-state index is 14.3. The second-order valence-electron chi connectivity index (χ2n) is 16.8. The SMILES string of the molecule is O=C(N[C@H](C(=O)N1CCC[C@H]1c1ncc(-c2ccc(-c3ccc(-c4cnc([C@@H]5CCCN5C(=O)[C@H](NC(=O)c5cccnc5)c5ccccc5)s4)cc3)cc2)s1)c1ccccc1)c1cccnc1. The maximum absolute atomic E-state index is 14.3. The van der Waals surface area contributed by atoms with Crippen LogP contribution < -0.4 is 10.6 Å². The first-order valence-corrected chi connectivity index (χ1v) is 24.3. The first-order valence-electron chi connectivity index (χ1n) is 22.6. The minimum absolute atomic E-state index is 0.162. The number of hydrogen-bond donors (Lipinski definition) is 2. The minimum atomic E-state index is -0.856.